The normalized spacial score (nSPS) is 16.1. The topological polar surface area (TPSA) is 84.5 Å². The lowest BCUT2D eigenvalue weighted by molar-refractivity contribution is 0.184. The zero-order valence-electron chi connectivity index (χ0n) is 17.9. The molecule has 3 rings (SSSR count). The van der Waals surface area contributed by atoms with Gasteiger partial charge in [-0.15, -0.1) is 0 Å². The van der Waals surface area contributed by atoms with E-state index in [1.807, 2.05) is 38.4 Å². The molecule has 0 aliphatic carbocycles. The molecule has 1 aliphatic heterocycles. The molecule has 1 fully saturated rings. The highest BCUT2D eigenvalue weighted by atomic mass is 16.5. The van der Waals surface area contributed by atoms with Crippen molar-refractivity contribution in [1.82, 2.24) is 9.97 Å². The molecule has 1 atom stereocenters. The number of hydrogen-bond donors (Lipinski definition) is 2. The van der Waals surface area contributed by atoms with Gasteiger partial charge in [-0.05, 0) is 80.7 Å². The zero-order valence-corrected chi connectivity index (χ0v) is 17.9. The summed E-state index contributed by atoms with van der Waals surface area (Å²) in [7, 11) is 0. The monoisotopic (exact) mass is 398 g/mol. The molecule has 0 spiro atoms. The maximum absolute atomic E-state index is 9.68. The second-order valence-electron chi connectivity index (χ2n) is 8.08. The number of ether oxygens (including phenoxy) is 1. The van der Waals surface area contributed by atoms with Gasteiger partial charge in [-0.3, -0.25) is 0 Å². The Hall–Kier alpha value is -2.18. The van der Waals surface area contributed by atoms with E-state index in [0.29, 0.717) is 6.61 Å². The number of benzene rings is 1. The Morgan fingerprint density at radius 3 is 2.34 bits per heavy atom. The number of rotatable bonds is 8. The number of aromatic nitrogens is 2. The van der Waals surface area contributed by atoms with Gasteiger partial charge in [0.1, 0.15) is 12.0 Å². The molecule has 3 N–H and O–H groups in total. The van der Waals surface area contributed by atoms with E-state index < -0.39 is 6.23 Å². The molecule has 2 heterocycles. The second kappa shape index (κ2) is 10.0. The number of nitrogens with two attached hydrogens (primary N) is 1. The van der Waals surface area contributed by atoms with Crippen LogP contribution in [0.1, 0.15) is 61.1 Å². The zero-order chi connectivity index (χ0) is 20.8. The molecule has 1 saturated heterocycles. The number of nitrogens with zero attached hydrogens (tertiary/aromatic N) is 3. The third kappa shape index (κ3) is 5.67. The molecule has 1 aliphatic rings. The van der Waals surface area contributed by atoms with E-state index in [2.05, 4.69) is 21.8 Å². The van der Waals surface area contributed by atoms with Gasteiger partial charge in [-0.25, -0.2) is 9.97 Å². The molecule has 158 valence electrons. The molecule has 2 aromatic rings. The summed E-state index contributed by atoms with van der Waals surface area (Å²) in [4.78, 5) is 11.3. The van der Waals surface area contributed by atoms with Crippen LogP contribution in [0.5, 0.6) is 5.75 Å². The van der Waals surface area contributed by atoms with Gasteiger partial charge in [0.25, 0.3) is 0 Å². The van der Waals surface area contributed by atoms with E-state index in [4.69, 9.17) is 10.5 Å². The molecule has 0 bridgehead atoms. The van der Waals surface area contributed by atoms with Gasteiger partial charge in [-0.2, -0.15) is 0 Å². The van der Waals surface area contributed by atoms with Crippen LogP contribution in [0, 0.1) is 19.8 Å². The number of piperidine rings is 1. The van der Waals surface area contributed by atoms with E-state index in [9.17, 15) is 5.11 Å². The summed E-state index contributed by atoms with van der Waals surface area (Å²) in [5.41, 5.74) is 9.54. The first-order valence-corrected chi connectivity index (χ1v) is 10.7. The molecule has 6 nitrogen and oxygen atoms in total. The smallest absolute Gasteiger partial charge is 0.225 e. The number of aliphatic hydroxyl groups excluding tert-OH is 1. The minimum atomic E-state index is -0.940. The Balaban J connectivity index is 1.40. The van der Waals surface area contributed by atoms with Crippen LogP contribution in [-0.4, -0.2) is 34.8 Å². The van der Waals surface area contributed by atoms with Gasteiger partial charge < -0.3 is 20.5 Å². The number of anilines is 1. The van der Waals surface area contributed by atoms with Crippen molar-refractivity contribution in [3.63, 3.8) is 0 Å². The van der Waals surface area contributed by atoms with E-state index >= 15 is 0 Å². The van der Waals surface area contributed by atoms with Crippen LogP contribution in [0.2, 0.25) is 0 Å². The first-order chi connectivity index (χ1) is 14.0. The van der Waals surface area contributed by atoms with Crippen LogP contribution in [0.15, 0.2) is 24.5 Å². The number of aliphatic hydroxyl groups is 1. The van der Waals surface area contributed by atoms with Gasteiger partial charge in [0.05, 0.1) is 6.61 Å². The predicted molar refractivity (Wildman–Crippen MR) is 116 cm³/mol. The van der Waals surface area contributed by atoms with Crippen molar-refractivity contribution in [2.45, 2.75) is 59.1 Å². The fourth-order valence-electron chi connectivity index (χ4n) is 4.16. The van der Waals surface area contributed by atoms with Crippen LogP contribution in [0.3, 0.4) is 0 Å². The summed E-state index contributed by atoms with van der Waals surface area (Å²) in [6.07, 6.45) is 8.51. The van der Waals surface area contributed by atoms with Crippen LogP contribution >= 0.6 is 0 Å². The van der Waals surface area contributed by atoms with Gasteiger partial charge in [0, 0.05) is 31.0 Å². The predicted octanol–water partition coefficient (Wildman–Crippen LogP) is 3.68. The molecule has 6 heteroatoms. The summed E-state index contributed by atoms with van der Waals surface area (Å²) >= 11 is 0. The van der Waals surface area contributed by atoms with E-state index in [-0.39, 0.29) is 0 Å². The fourth-order valence-corrected chi connectivity index (χ4v) is 4.16. The molecule has 0 amide bonds. The lowest BCUT2D eigenvalue weighted by atomic mass is 9.92. The summed E-state index contributed by atoms with van der Waals surface area (Å²) < 4.78 is 5.95. The summed E-state index contributed by atoms with van der Waals surface area (Å²) in [5.74, 6) is 2.45. The van der Waals surface area contributed by atoms with Crippen molar-refractivity contribution in [2.75, 3.05) is 24.6 Å². The minimum Gasteiger partial charge on any atom is -0.494 e. The van der Waals surface area contributed by atoms with Crippen molar-refractivity contribution in [3.8, 4) is 5.75 Å². The standard InChI is InChI=1S/C23H34N4O2/c1-4-18-14-25-23(26-15-18)27-9-7-19(8-10-27)6-5-11-29-20-12-16(2)21(22(24)28)17(3)13-20/h12-15,19,22,28H,4-11,24H2,1-3H3. The van der Waals surface area contributed by atoms with Gasteiger partial charge >= 0.3 is 0 Å². The third-order valence-electron chi connectivity index (χ3n) is 5.89. The molecule has 1 aromatic heterocycles. The lowest BCUT2D eigenvalue weighted by Crippen LogP contribution is -2.35. The maximum Gasteiger partial charge on any atom is 0.225 e. The van der Waals surface area contributed by atoms with Crippen LogP contribution in [-0.2, 0) is 6.42 Å². The van der Waals surface area contributed by atoms with E-state index in [1.54, 1.807) is 0 Å². The van der Waals surface area contributed by atoms with Gasteiger partial charge in [-0.1, -0.05) is 6.92 Å². The summed E-state index contributed by atoms with van der Waals surface area (Å²) in [6.45, 7) is 8.80. The Bertz CT molecular complexity index is 761. The van der Waals surface area contributed by atoms with Crippen molar-refractivity contribution in [2.24, 2.45) is 11.7 Å². The van der Waals surface area contributed by atoms with Gasteiger partial charge in [0.15, 0.2) is 0 Å². The summed E-state index contributed by atoms with van der Waals surface area (Å²) in [6, 6.07) is 3.92. The number of aryl methyl sites for hydroxylation is 3. The average Bonchev–Trinajstić information content (AvgIpc) is 2.71. The van der Waals surface area contributed by atoms with Gasteiger partial charge in [0.2, 0.25) is 5.95 Å². The highest BCUT2D eigenvalue weighted by molar-refractivity contribution is 5.42. The van der Waals surface area contributed by atoms with Crippen molar-refractivity contribution < 1.29 is 9.84 Å². The third-order valence-corrected chi connectivity index (χ3v) is 5.89. The maximum atomic E-state index is 9.68. The van der Waals surface area contributed by atoms with Crippen LogP contribution in [0.4, 0.5) is 5.95 Å². The first-order valence-electron chi connectivity index (χ1n) is 10.7. The molecule has 29 heavy (non-hydrogen) atoms. The van der Waals surface area contributed by atoms with Crippen molar-refractivity contribution in [1.29, 1.82) is 0 Å². The highest BCUT2D eigenvalue weighted by Crippen LogP contribution is 2.26. The molecular weight excluding hydrogens is 364 g/mol. The Kier molecular flexibility index (Phi) is 7.45. The lowest BCUT2D eigenvalue weighted by Gasteiger charge is -2.32. The Labute approximate surface area is 174 Å². The Morgan fingerprint density at radius 2 is 1.79 bits per heavy atom. The van der Waals surface area contributed by atoms with Crippen molar-refractivity contribution >= 4 is 5.95 Å². The quantitative estimate of drug-likeness (QED) is 0.521. The van der Waals surface area contributed by atoms with E-state index in [0.717, 1.165) is 60.2 Å². The van der Waals surface area contributed by atoms with Crippen LogP contribution in [0.25, 0.3) is 0 Å². The molecule has 0 radical (unpaired) electrons. The van der Waals surface area contributed by atoms with Crippen LogP contribution < -0.4 is 15.4 Å². The fraction of sp³-hybridized carbons (Fsp3) is 0.565. The highest BCUT2D eigenvalue weighted by Gasteiger charge is 2.20. The molecule has 0 saturated carbocycles. The first kappa shape index (κ1) is 21.5. The molecule has 1 unspecified atom stereocenters. The minimum absolute atomic E-state index is 0.714. The average molecular weight is 399 g/mol. The molecular formula is C23H34N4O2. The Morgan fingerprint density at radius 1 is 1.17 bits per heavy atom. The SMILES string of the molecule is CCc1cnc(N2CCC(CCCOc3cc(C)c(C(N)O)c(C)c3)CC2)nc1. The summed E-state index contributed by atoms with van der Waals surface area (Å²) in [5, 5.41) is 9.68. The largest absolute Gasteiger partial charge is 0.494 e. The van der Waals surface area contributed by atoms with E-state index in [1.165, 1.54) is 24.8 Å². The number of hydrogen-bond acceptors (Lipinski definition) is 6. The van der Waals surface area contributed by atoms with Crippen molar-refractivity contribution in [3.05, 3.63) is 46.8 Å². The second-order valence-corrected chi connectivity index (χ2v) is 8.08. The molecule has 1 aromatic carbocycles.